The number of halogens is 1. The molecule has 2 heteroatoms. The van der Waals surface area contributed by atoms with E-state index in [1.807, 2.05) is 0 Å². The minimum atomic E-state index is 0.789. The Labute approximate surface area is 103 Å². The Morgan fingerprint density at radius 2 is 2.12 bits per heavy atom. The molecule has 0 bridgehead atoms. The third-order valence-electron chi connectivity index (χ3n) is 3.35. The maximum absolute atomic E-state index is 6.13. The highest BCUT2D eigenvalue weighted by Gasteiger charge is 2.13. The second-order valence-electron chi connectivity index (χ2n) is 4.74. The Morgan fingerprint density at radius 1 is 1.31 bits per heavy atom. The summed E-state index contributed by atoms with van der Waals surface area (Å²) < 4.78 is 0. The van der Waals surface area contributed by atoms with Crippen molar-refractivity contribution in [3.63, 3.8) is 0 Å². The van der Waals surface area contributed by atoms with Gasteiger partial charge in [-0.25, -0.2) is 0 Å². The van der Waals surface area contributed by atoms with Crippen molar-refractivity contribution in [3.05, 3.63) is 34.3 Å². The monoisotopic (exact) mass is 237 g/mol. The van der Waals surface area contributed by atoms with E-state index in [2.05, 4.69) is 30.4 Å². The highest BCUT2D eigenvalue weighted by atomic mass is 35.5. The molecule has 1 unspecified atom stereocenters. The number of nitrogens with one attached hydrogen (secondary N) is 1. The van der Waals surface area contributed by atoms with Crippen LogP contribution in [0.5, 0.6) is 0 Å². The normalized spacial score (nSPS) is 21.0. The summed E-state index contributed by atoms with van der Waals surface area (Å²) >= 11 is 6.13. The zero-order valence-corrected chi connectivity index (χ0v) is 10.7. The molecule has 0 aromatic heterocycles. The van der Waals surface area contributed by atoms with Crippen LogP contribution in [0, 0.1) is 5.92 Å². The highest BCUT2D eigenvalue weighted by molar-refractivity contribution is 6.30. The minimum Gasteiger partial charge on any atom is -0.316 e. The molecule has 0 saturated carbocycles. The number of piperidine rings is 1. The van der Waals surface area contributed by atoms with Crippen LogP contribution in [0.4, 0.5) is 0 Å². The summed E-state index contributed by atoms with van der Waals surface area (Å²) in [7, 11) is 0. The van der Waals surface area contributed by atoms with Crippen LogP contribution in [0.15, 0.2) is 18.2 Å². The fraction of sp³-hybridized carbons (Fsp3) is 0.571. The molecule has 1 nitrogen and oxygen atoms in total. The van der Waals surface area contributed by atoms with Gasteiger partial charge in [0.2, 0.25) is 0 Å². The molecule has 88 valence electrons. The van der Waals surface area contributed by atoms with Crippen LogP contribution in [0.3, 0.4) is 0 Å². The van der Waals surface area contributed by atoms with Crippen molar-refractivity contribution in [2.75, 3.05) is 13.1 Å². The van der Waals surface area contributed by atoms with Crippen LogP contribution in [0.2, 0.25) is 5.02 Å². The molecule has 0 radical (unpaired) electrons. The second kappa shape index (κ2) is 5.70. The minimum absolute atomic E-state index is 0.789. The molecular weight excluding hydrogens is 218 g/mol. The van der Waals surface area contributed by atoms with E-state index in [-0.39, 0.29) is 0 Å². The molecular formula is C14H20ClN. The van der Waals surface area contributed by atoms with Crippen molar-refractivity contribution in [1.29, 1.82) is 0 Å². The molecule has 1 aromatic rings. The molecule has 1 aliphatic heterocycles. The largest absolute Gasteiger partial charge is 0.316 e. The fourth-order valence-corrected chi connectivity index (χ4v) is 2.75. The zero-order valence-electron chi connectivity index (χ0n) is 9.93. The van der Waals surface area contributed by atoms with E-state index >= 15 is 0 Å². The smallest absolute Gasteiger partial charge is 0.0411 e. The molecule has 1 fully saturated rings. The van der Waals surface area contributed by atoms with Gasteiger partial charge in [0.1, 0.15) is 0 Å². The summed E-state index contributed by atoms with van der Waals surface area (Å²) in [5, 5.41) is 4.35. The fourth-order valence-electron chi connectivity index (χ4n) is 2.47. The first-order valence-corrected chi connectivity index (χ1v) is 6.65. The van der Waals surface area contributed by atoms with Gasteiger partial charge in [0.05, 0.1) is 0 Å². The van der Waals surface area contributed by atoms with E-state index < -0.39 is 0 Å². The van der Waals surface area contributed by atoms with Gasteiger partial charge in [0.25, 0.3) is 0 Å². The molecule has 1 aromatic carbocycles. The summed E-state index contributed by atoms with van der Waals surface area (Å²) in [6.45, 7) is 4.53. The molecule has 0 aliphatic carbocycles. The van der Waals surface area contributed by atoms with Gasteiger partial charge in [-0.2, -0.15) is 0 Å². The van der Waals surface area contributed by atoms with E-state index in [0.29, 0.717) is 0 Å². The maximum atomic E-state index is 6.13. The molecule has 1 saturated heterocycles. The Morgan fingerprint density at radius 3 is 2.81 bits per heavy atom. The van der Waals surface area contributed by atoms with Crippen molar-refractivity contribution < 1.29 is 0 Å². The third kappa shape index (κ3) is 3.23. The summed E-state index contributed by atoms with van der Waals surface area (Å²) in [6.07, 6.45) is 4.89. The van der Waals surface area contributed by atoms with Gasteiger partial charge in [-0.05, 0) is 68.0 Å². The van der Waals surface area contributed by atoms with Crippen LogP contribution >= 0.6 is 11.6 Å². The van der Waals surface area contributed by atoms with Gasteiger partial charge >= 0.3 is 0 Å². The Balaban J connectivity index is 2.04. The first-order valence-electron chi connectivity index (χ1n) is 6.27. The first kappa shape index (κ1) is 11.9. The lowest BCUT2D eigenvalue weighted by Crippen LogP contribution is -2.30. The van der Waals surface area contributed by atoms with Gasteiger partial charge in [-0.1, -0.05) is 24.6 Å². The van der Waals surface area contributed by atoms with E-state index in [9.17, 15) is 0 Å². The standard InChI is InChI=1S/C14H20ClN/c1-2-11-6-13(9-14(15)8-11)7-12-4-3-5-16-10-12/h6,8-9,12,16H,2-5,7,10H2,1H3. The molecule has 1 atom stereocenters. The number of benzene rings is 1. The van der Waals surface area contributed by atoms with Crippen LogP contribution in [-0.4, -0.2) is 13.1 Å². The van der Waals surface area contributed by atoms with Gasteiger partial charge in [0, 0.05) is 5.02 Å². The molecule has 0 spiro atoms. The second-order valence-corrected chi connectivity index (χ2v) is 5.17. The van der Waals surface area contributed by atoms with E-state index in [1.54, 1.807) is 0 Å². The lowest BCUT2D eigenvalue weighted by atomic mass is 9.91. The topological polar surface area (TPSA) is 12.0 Å². The zero-order chi connectivity index (χ0) is 11.4. The van der Waals surface area contributed by atoms with E-state index in [4.69, 9.17) is 11.6 Å². The van der Waals surface area contributed by atoms with Crippen LogP contribution in [0.25, 0.3) is 0 Å². The quantitative estimate of drug-likeness (QED) is 0.849. The van der Waals surface area contributed by atoms with E-state index in [1.165, 1.54) is 36.9 Å². The Kier molecular flexibility index (Phi) is 4.25. The number of aryl methyl sites for hydroxylation is 1. The predicted molar refractivity (Wildman–Crippen MR) is 70.1 cm³/mol. The van der Waals surface area contributed by atoms with Crippen LogP contribution in [0.1, 0.15) is 30.9 Å². The SMILES string of the molecule is CCc1cc(Cl)cc(CC2CCCNC2)c1. The molecule has 16 heavy (non-hydrogen) atoms. The van der Waals surface area contributed by atoms with Crippen molar-refractivity contribution >= 4 is 11.6 Å². The average molecular weight is 238 g/mol. The molecule has 1 N–H and O–H groups in total. The summed E-state index contributed by atoms with van der Waals surface area (Å²) in [5.41, 5.74) is 2.75. The molecule has 2 rings (SSSR count). The van der Waals surface area contributed by atoms with Crippen LogP contribution in [-0.2, 0) is 12.8 Å². The lowest BCUT2D eigenvalue weighted by molar-refractivity contribution is 0.376. The first-order chi connectivity index (χ1) is 7.78. The Bertz CT molecular complexity index is 343. The maximum Gasteiger partial charge on any atom is 0.0411 e. The van der Waals surface area contributed by atoms with Crippen LogP contribution < -0.4 is 5.32 Å². The summed E-state index contributed by atoms with van der Waals surface area (Å²) in [6, 6.07) is 6.50. The molecule has 1 aliphatic rings. The number of hydrogen-bond acceptors (Lipinski definition) is 1. The molecule has 0 amide bonds. The predicted octanol–water partition coefficient (Wildman–Crippen LogP) is 3.44. The average Bonchev–Trinajstić information content (AvgIpc) is 2.29. The van der Waals surface area contributed by atoms with Crippen molar-refractivity contribution in [1.82, 2.24) is 5.32 Å². The lowest BCUT2D eigenvalue weighted by Gasteiger charge is -2.23. The third-order valence-corrected chi connectivity index (χ3v) is 3.57. The Hall–Kier alpha value is -0.530. The van der Waals surface area contributed by atoms with Gasteiger partial charge in [-0.3, -0.25) is 0 Å². The molecule has 1 heterocycles. The van der Waals surface area contributed by atoms with Gasteiger partial charge in [0.15, 0.2) is 0 Å². The number of hydrogen-bond donors (Lipinski definition) is 1. The van der Waals surface area contributed by atoms with Gasteiger partial charge in [-0.15, -0.1) is 0 Å². The summed E-state index contributed by atoms with van der Waals surface area (Å²) in [5.74, 6) is 0.789. The summed E-state index contributed by atoms with van der Waals surface area (Å²) in [4.78, 5) is 0. The highest BCUT2D eigenvalue weighted by Crippen LogP contribution is 2.21. The van der Waals surface area contributed by atoms with Crippen molar-refractivity contribution in [2.24, 2.45) is 5.92 Å². The number of rotatable bonds is 3. The van der Waals surface area contributed by atoms with E-state index in [0.717, 1.165) is 23.9 Å². The van der Waals surface area contributed by atoms with Crippen molar-refractivity contribution in [3.8, 4) is 0 Å². The van der Waals surface area contributed by atoms with Gasteiger partial charge < -0.3 is 5.32 Å². The van der Waals surface area contributed by atoms with Crippen molar-refractivity contribution in [2.45, 2.75) is 32.6 Å².